The smallest absolute Gasteiger partial charge is 0.339 e. The third kappa shape index (κ3) is 5.40. The predicted octanol–water partition coefficient (Wildman–Crippen LogP) is 3.71. The van der Waals surface area contributed by atoms with Gasteiger partial charge >= 0.3 is 5.97 Å². The molecule has 0 saturated heterocycles. The van der Waals surface area contributed by atoms with Crippen molar-refractivity contribution in [1.29, 1.82) is 0 Å². The zero-order chi connectivity index (χ0) is 17.4. The number of nitrogens with two attached hydrogens (primary N) is 1. The molecule has 2 aromatic carbocycles. The summed E-state index contributed by atoms with van der Waals surface area (Å²) in [6.45, 7) is 0. The summed E-state index contributed by atoms with van der Waals surface area (Å²) in [6.07, 6.45) is 1.52. The standard InChI is InChI=1S/C17H16ClN3O2S/c1-23-16(22)14-8-7-13(9-15(14)18)10-20-21-17(19)24-11-12-5-3-2-4-6-12/h2-10H,11H2,1H3,(H2,19,21). The van der Waals surface area contributed by atoms with Crippen molar-refractivity contribution in [3.8, 4) is 0 Å². The zero-order valence-corrected chi connectivity index (χ0v) is 14.6. The summed E-state index contributed by atoms with van der Waals surface area (Å²) in [5.41, 5.74) is 7.98. The second-order valence-electron chi connectivity index (χ2n) is 4.69. The minimum atomic E-state index is -0.483. The molecule has 0 aliphatic heterocycles. The van der Waals surface area contributed by atoms with Gasteiger partial charge in [0.15, 0.2) is 5.17 Å². The maximum atomic E-state index is 11.5. The molecule has 2 rings (SSSR count). The van der Waals surface area contributed by atoms with Crippen molar-refractivity contribution in [3.63, 3.8) is 0 Å². The SMILES string of the molecule is COC(=O)c1ccc(C=NN=C(N)SCc2ccccc2)cc1Cl. The van der Waals surface area contributed by atoms with Crippen LogP contribution in [0.4, 0.5) is 0 Å². The first kappa shape index (κ1) is 18.0. The molecule has 24 heavy (non-hydrogen) atoms. The maximum Gasteiger partial charge on any atom is 0.339 e. The van der Waals surface area contributed by atoms with E-state index in [0.717, 1.165) is 11.3 Å². The molecule has 0 bridgehead atoms. The molecule has 124 valence electrons. The van der Waals surface area contributed by atoms with Crippen molar-refractivity contribution in [1.82, 2.24) is 0 Å². The van der Waals surface area contributed by atoms with Crippen molar-refractivity contribution < 1.29 is 9.53 Å². The molecule has 0 aromatic heterocycles. The molecule has 2 aromatic rings. The van der Waals surface area contributed by atoms with Gasteiger partial charge in [-0.05, 0) is 23.3 Å². The lowest BCUT2D eigenvalue weighted by Gasteiger charge is -2.02. The maximum absolute atomic E-state index is 11.5. The quantitative estimate of drug-likeness (QED) is 0.381. The van der Waals surface area contributed by atoms with E-state index < -0.39 is 5.97 Å². The number of carbonyl (C=O) groups excluding carboxylic acids is 1. The first-order chi connectivity index (χ1) is 11.6. The second kappa shape index (κ2) is 9.10. The summed E-state index contributed by atoms with van der Waals surface area (Å²) < 4.78 is 4.63. The Bertz CT molecular complexity index is 764. The van der Waals surface area contributed by atoms with Gasteiger partial charge in [0.2, 0.25) is 0 Å². The van der Waals surface area contributed by atoms with Crippen LogP contribution in [-0.4, -0.2) is 24.5 Å². The summed E-state index contributed by atoms with van der Waals surface area (Å²) in [4.78, 5) is 11.5. The molecular weight excluding hydrogens is 346 g/mol. The topological polar surface area (TPSA) is 77.0 Å². The van der Waals surface area contributed by atoms with E-state index in [4.69, 9.17) is 17.3 Å². The first-order valence-corrected chi connectivity index (χ1v) is 8.37. The van der Waals surface area contributed by atoms with Gasteiger partial charge < -0.3 is 10.5 Å². The highest BCUT2D eigenvalue weighted by Crippen LogP contribution is 2.18. The monoisotopic (exact) mass is 361 g/mol. The van der Waals surface area contributed by atoms with Crippen LogP contribution in [0.5, 0.6) is 0 Å². The Balaban J connectivity index is 1.95. The fourth-order valence-electron chi connectivity index (χ4n) is 1.80. The summed E-state index contributed by atoms with van der Waals surface area (Å²) >= 11 is 7.44. The largest absolute Gasteiger partial charge is 0.465 e. The van der Waals surface area contributed by atoms with Gasteiger partial charge in [-0.2, -0.15) is 5.10 Å². The number of benzene rings is 2. The predicted molar refractivity (Wildman–Crippen MR) is 99.7 cm³/mol. The lowest BCUT2D eigenvalue weighted by atomic mass is 10.1. The van der Waals surface area contributed by atoms with Crippen LogP contribution in [0.2, 0.25) is 5.02 Å². The van der Waals surface area contributed by atoms with Crippen LogP contribution in [0.25, 0.3) is 0 Å². The van der Waals surface area contributed by atoms with E-state index in [1.54, 1.807) is 18.2 Å². The van der Waals surface area contributed by atoms with Gasteiger partial charge in [-0.25, -0.2) is 4.79 Å². The van der Waals surface area contributed by atoms with Gasteiger partial charge in [-0.3, -0.25) is 0 Å². The van der Waals surface area contributed by atoms with Gasteiger partial charge in [-0.15, -0.1) is 5.10 Å². The molecule has 0 saturated carbocycles. The number of halogens is 1. The molecular formula is C17H16ClN3O2S. The molecule has 0 fully saturated rings. The Labute approximate surface area is 149 Å². The van der Waals surface area contributed by atoms with E-state index in [1.807, 2.05) is 30.3 Å². The number of amidine groups is 1. The fourth-order valence-corrected chi connectivity index (χ4v) is 2.68. The molecule has 0 aliphatic rings. The molecule has 0 unspecified atom stereocenters. The molecule has 0 heterocycles. The molecule has 0 amide bonds. The number of methoxy groups -OCH3 is 1. The fraction of sp³-hybridized carbons (Fsp3) is 0.118. The van der Waals surface area contributed by atoms with Crippen molar-refractivity contribution in [3.05, 3.63) is 70.2 Å². The highest BCUT2D eigenvalue weighted by atomic mass is 35.5. The summed E-state index contributed by atoms with van der Waals surface area (Å²) in [7, 11) is 1.30. The molecule has 7 heteroatoms. The van der Waals surface area contributed by atoms with E-state index in [9.17, 15) is 4.79 Å². The normalized spacial score (nSPS) is 11.7. The van der Waals surface area contributed by atoms with Gasteiger partial charge in [-0.1, -0.05) is 59.8 Å². The number of ether oxygens (including phenoxy) is 1. The van der Waals surface area contributed by atoms with Crippen LogP contribution in [-0.2, 0) is 10.5 Å². The Morgan fingerprint density at radius 2 is 2.04 bits per heavy atom. The molecule has 2 N–H and O–H groups in total. The van der Waals surface area contributed by atoms with Gasteiger partial charge in [0.25, 0.3) is 0 Å². The van der Waals surface area contributed by atoms with Crippen molar-refractivity contribution in [2.45, 2.75) is 5.75 Å². The minimum absolute atomic E-state index is 0.293. The number of hydrogen-bond acceptors (Lipinski definition) is 5. The van der Waals surface area contributed by atoms with Crippen molar-refractivity contribution in [2.24, 2.45) is 15.9 Å². The zero-order valence-electron chi connectivity index (χ0n) is 13.0. The first-order valence-electron chi connectivity index (χ1n) is 7.01. The molecule has 5 nitrogen and oxygen atoms in total. The lowest BCUT2D eigenvalue weighted by molar-refractivity contribution is 0.0601. The average molecular weight is 362 g/mol. The summed E-state index contributed by atoms with van der Waals surface area (Å²) in [5, 5.41) is 8.52. The summed E-state index contributed by atoms with van der Waals surface area (Å²) in [6, 6.07) is 14.8. The molecule has 0 radical (unpaired) electrons. The van der Waals surface area contributed by atoms with Gasteiger partial charge in [0, 0.05) is 5.75 Å². The van der Waals surface area contributed by atoms with E-state index >= 15 is 0 Å². The van der Waals surface area contributed by atoms with Crippen LogP contribution in [0, 0.1) is 0 Å². The highest BCUT2D eigenvalue weighted by molar-refractivity contribution is 8.13. The summed E-state index contributed by atoms with van der Waals surface area (Å²) in [5.74, 6) is 0.244. The number of esters is 1. The minimum Gasteiger partial charge on any atom is -0.465 e. The third-order valence-corrected chi connectivity index (χ3v) is 4.16. The van der Waals surface area contributed by atoms with E-state index in [0.29, 0.717) is 21.3 Å². The Hall–Kier alpha value is -2.31. The van der Waals surface area contributed by atoms with Crippen LogP contribution in [0.15, 0.2) is 58.7 Å². The Kier molecular flexibility index (Phi) is 6.84. The molecule has 0 aliphatic carbocycles. The Morgan fingerprint density at radius 3 is 2.71 bits per heavy atom. The number of rotatable bonds is 5. The number of hydrogen-bond donors (Lipinski definition) is 1. The molecule has 0 spiro atoms. The number of thioether (sulfide) groups is 1. The van der Waals surface area contributed by atoms with Crippen LogP contribution >= 0.6 is 23.4 Å². The van der Waals surface area contributed by atoms with Crippen LogP contribution in [0.3, 0.4) is 0 Å². The van der Waals surface area contributed by atoms with Gasteiger partial charge in [0.05, 0.1) is 23.9 Å². The van der Waals surface area contributed by atoms with Crippen molar-refractivity contribution in [2.75, 3.05) is 7.11 Å². The lowest BCUT2D eigenvalue weighted by Crippen LogP contribution is -2.06. The van der Waals surface area contributed by atoms with E-state index in [-0.39, 0.29) is 0 Å². The van der Waals surface area contributed by atoms with Gasteiger partial charge in [0.1, 0.15) is 0 Å². The average Bonchev–Trinajstić information content (AvgIpc) is 2.60. The second-order valence-corrected chi connectivity index (χ2v) is 6.09. The highest BCUT2D eigenvalue weighted by Gasteiger charge is 2.10. The molecule has 0 atom stereocenters. The Morgan fingerprint density at radius 1 is 1.29 bits per heavy atom. The van der Waals surface area contributed by atoms with Crippen molar-refractivity contribution >= 4 is 40.7 Å². The number of nitrogens with zero attached hydrogens (tertiary/aromatic N) is 2. The third-order valence-electron chi connectivity index (χ3n) is 2.99. The van der Waals surface area contributed by atoms with E-state index in [1.165, 1.54) is 25.1 Å². The van der Waals surface area contributed by atoms with Crippen LogP contribution in [0.1, 0.15) is 21.5 Å². The number of carbonyl (C=O) groups is 1. The van der Waals surface area contributed by atoms with Crippen LogP contribution < -0.4 is 5.73 Å². The van der Waals surface area contributed by atoms with E-state index in [2.05, 4.69) is 14.9 Å².